The van der Waals surface area contributed by atoms with E-state index >= 15 is 0 Å². The molecule has 1 atom stereocenters. The zero-order valence-electron chi connectivity index (χ0n) is 15.5. The van der Waals surface area contributed by atoms with Gasteiger partial charge in [0.2, 0.25) is 0 Å². The lowest BCUT2D eigenvalue weighted by atomic mass is 9.95. The van der Waals surface area contributed by atoms with Crippen molar-refractivity contribution in [3.8, 4) is 0 Å². The van der Waals surface area contributed by atoms with Gasteiger partial charge in [-0.3, -0.25) is 19.5 Å². The number of ketones is 1. The molecule has 0 bridgehead atoms. The summed E-state index contributed by atoms with van der Waals surface area (Å²) in [5.41, 5.74) is 1.64. The van der Waals surface area contributed by atoms with Crippen molar-refractivity contribution in [3.63, 3.8) is 0 Å². The van der Waals surface area contributed by atoms with Crippen molar-refractivity contribution >= 4 is 23.1 Å². The molecule has 1 N–H and O–H groups in total. The van der Waals surface area contributed by atoms with Crippen LogP contribution in [0.4, 0.5) is 10.1 Å². The molecule has 0 aliphatic carbocycles. The average molecular weight is 388 g/mol. The molecule has 1 saturated heterocycles. The van der Waals surface area contributed by atoms with Crippen LogP contribution in [0.3, 0.4) is 0 Å². The molecule has 0 saturated carbocycles. The van der Waals surface area contributed by atoms with Crippen LogP contribution in [-0.2, 0) is 9.59 Å². The lowest BCUT2D eigenvalue weighted by Crippen LogP contribution is -2.29. The molecule has 1 amide bonds. The number of hydrogen-bond acceptors (Lipinski definition) is 4. The van der Waals surface area contributed by atoms with Crippen LogP contribution in [-0.4, -0.2) is 21.8 Å². The Morgan fingerprint density at radius 3 is 2.48 bits per heavy atom. The van der Waals surface area contributed by atoms with Gasteiger partial charge in [-0.15, -0.1) is 0 Å². The first-order valence-corrected chi connectivity index (χ1v) is 9.01. The molecule has 4 rings (SSSR count). The molecule has 6 heteroatoms. The van der Waals surface area contributed by atoms with E-state index < -0.39 is 23.5 Å². The molecule has 3 aromatic rings. The van der Waals surface area contributed by atoms with Crippen molar-refractivity contribution in [1.82, 2.24) is 4.98 Å². The number of aryl methyl sites for hydroxylation is 1. The number of aromatic nitrogens is 1. The molecule has 144 valence electrons. The summed E-state index contributed by atoms with van der Waals surface area (Å²) in [6.45, 7) is 1.56. The maximum absolute atomic E-state index is 13.7. The third kappa shape index (κ3) is 3.18. The van der Waals surface area contributed by atoms with E-state index in [1.807, 2.05) is 0 Å². The third-order valence-corrected chi connectivity index (χ3v) is 4.91. The zero-order valence-corrected chi connectivity index (χ0v) is 15.5. The summed E-state index contributed by atoms with van der Waals surface area (Å²) in [5, 5.41) is 11.0. The molecule has 0 radical (unpaired) electrons. The fourth-order valence-corrected chi connectivity index (χ4v) is 3.49. The van der Waals surface area contributed by atoms with Crippen LogP contribution < -0.4 is 4.90 Å². The Balaban J connectivity index is 1.95. The lowest BCUT2D eigenvalue weighted by molar-refractivity contribution is -0.132. The Bertz CT molecular complexity index is 1130. The predicted octanol–water partition coefficient (Wildman–Crippen LogP) is 4.16. The van der Waals surface area contributed by atoms with Gasteiger partial charge in [0.05, 0.1) is 11.6 Å². The summed E-state index contributed by atoms with van der Waals surface area (Å²) in [7, 11) is 0. The van der Waals surface area contributed by atoms with Gasteiger partial charge in [0.15, 0.2) is 0 Å². The van der Waals surface area contributed by atoms with Gasteiger partial charge in [-0.1, -0.05) is 24.3 Å². The highest BCUT2D eigenvalue weighted by atomic mass is 19.1. The fraction of sp³-hybridized carbons (Fsp3) is 0.0870. The molecular formula is C23H17FN2O3. The Morgan fingerprint density at radius 2 is 1.83 bits per heavy atom. The number of carbonyl (C=O) groups excluding carboxylic acids is 2. The normalized spacial score (nSPS) is 18.3. The number of anilines is 1. The molecule has 1 aromatic heterocycles. The largest absolute Gasteiger partial charge is 0.507 e. The number of Topliss-reactive ketones (excluding diaryl/α,β-unsaturated/α-hetero) is 1. The topological polar surface area (TPSA) is 70.5 Å². The maximum atomic E-state index is 13.7. The second-order valence-corrected chi connectivity index (χ2v) is 6.75. The van der Waals surface area contributed by atoms with Crippen molar-refractivity contribution < 1.29 is 19.1 Å². The monoisotopic (exact) mass is 388 g/mol. The number of hydrogen-bond donors (Lipinski definition) is 1. The number of para-hydroxylation sites is 1. The van der Waals surface area contributed by atoms with Gasteiger partial charge in [0.25, 0.3) is 11.7 Å². The summed E-state index contributed by atoms with van der Waals surface area (Å²) in [6, 6.07) is 15.4. The van der Waals surface area contributed by atoms with Gasteiger partial charge in [-0.2, -0.15) is 0 Å². The van der Waals surface area contributed by atoms with E-state index in [2.05, 4.69) is 4.98 Å². The van der Waals surface area contributed by atoms with Gasteiger partial charge < -0.3 is 5.11 Å². The number of carbonyl (C=O) groups is 2. The number of nitrogens with zero attached hydrogens (tertiary/aromatic N) is 2. The van der Waals surface area contributed by atoms with Crippen molar-refractivity contribution in [1.29, 1.82) is 0 Å². The highest BCUT2D eigenvalue weighted by Crippen LogP contribution is 2.41. The molecule has 1 unspecified atom stereocenters. The highest BCUT2D eigenvalue weighted by molar-refractivity contribution is 6.51. The van der Waals surface area contributed by atoms with Crippen LogP contribution in [0.15, 0.2) is 78.6 Å². The SMILES string of the molecule is Cc1cc(/C(O)=C2/C(=O)C(=O)N(c3ccccc3)C2c2cccnc2)ccc1F. The van der Waals surface area contributed by atoms with Gasteiger partial charge in [0, 0.05) is 23.6 Å². The smallest absolute Gasteiger partial charge is 0.300 e. The van der Waals surface area contributed by atoms with Gasteiger partial charge in [0.1, 0.15) is 11.6 Å². The summed E-state index contributed by atoms with van der Waals surface area (Å²) < 4.78 is 13.7. The predicted molar refractivity (Wildman–Crippen MR) is 107 cm³/mol. The standard InChI is InChI=1S/C23H17FN2O3/c1-14-12-15(9-10-18(14)24)21(27)19-20(16-6-5-11-25-13-16)26(23(29)22(19)28)17-7-3-2-4-8-17/h2-13,20,27H,1H3/b21-19-. The number of pyridine rings is 1. The Hall–Kier alpha value is -3.80. The van der Waals surface area contributed by atoms with Crippen molar-refractivity contribution in [2.75, 3.05) is 4.90 Å². The molecule has 1 aliphatic heterocycles. The number of halogens is 1. The second kappa shape index (κ2) is 7.31. The molecule has 29 heavy (non-hydrogen) atoms. The van der Waals surface area contributed by atoms with Crippen molar-refractivity contribution in [2.45, 2.75) is 13.0 Å². The Kier molecular flexibility index (Phi) is 4.68. The first-order valence-electron chi connectivity index (χ1n) is 9.01. The fourth-order valence-electron chi connectivity index (χ4n) is 3.49. The summed E-state index contributed by atoms with van der Waals surface area (Å²) in [6.07, 6.45) is 3.14. The van der Waals surface area contributed by atoms with Crippen molar-refractivity contribution in [2.24, 2.45) is 0 Å². The molecule has 1 aliphatic rings. The number of aliphatic hydroxyl groups is 1. The summed E-state index contributed by atoms with van der Waals surface area (Å²) in [4.78, 5) is 31.3. The van der Waals surface area contributed by atoms with E-state index in [9.17, 15) is 19.1 Å². The Labute approximate surface area is 166 Å². The average Bonchev–Trinajstić information content (AvgIpc) is 3.01. The quantitative estimate of drug-likeness (QED) is 0.416. The van der Waals surface area contributed by atoms with Crippen LogP contribution in [0.1, 0.15) is 22.7 Å². The van der Waals surface area contributed by atoms with E-state index in [0.717, 1.165) is 0 Å². The third-order valence-electron chi connectivity index (χ3n) is 4.91. The van der Waals surface area contributed by atoms with Crippen LogP contribution in [0.2, 0.25) is 0 Å². The lowest BCUT2D eigenvalue weighted by Gasteiger charge is -2.25. The van der Waals surface area contributed by atoms with E-state index in [-0.39, 0.29) is 16.9 Å². The molecule has 2 aromatic carbocycles. The molecule has 2 heterocycles. The zero-order chi connectivity index (χ0) is 20.5. The van der Waals surface area contributed by atoms with Crippen LogP contribution in [0.5, 0.6) is 0 Å². The molecule has 5 nitrogen and oxygen atoms in total. The number of benzene rings is 2. The van der Waals surface area contributed by atoms with Crippen LogP contribution in [0, 0.1) is 12.7 Å². The number of rotatable bonds is 3. The van der Waals surface area contributed by atoms with Crippen LogP contribution >= 0.6 is 0 Å². The van der Waals surface area contributed by atoms with Gasteiger partial charge in [-0.05, 0) is 54.4 Å². The second-order valence-electron chi connectivity index (χ2n) is 6.75. The number of amides is 1. The minimum atomic E-state index is -0.851. The van der Waals surface area contributed by atoms with E-state index in [4.69, 9.17) is 0 Å². The minimum absolute atomic E-state index is 0.0575. The number of aliphatic hydroxyl groups excluding tert-OH is 1. The van der Waals surface area contributed by atoms with Crippen molar-refractivity contribution in [3.05, 3.63) is 101 Å². The van der Waals surface area contributed by atoms with E-state index in [1.54, 1.807) is 61.8 Å². The molecular weight excluding hydrogens is 371 g/mol. The van der Waals surface area contributed by atoms with Crippen LogP contribution in [0.25, 0.3) is 5.76 Å². The van der Waals surface area contributed by atoms with E-state index in [1.165, 1.54) is 23.1 Å². The summed E-state index contributed by atoms with van der Waals surface area (Å²) >= 11 is 0. The van der Waals surface area contributed by atoms with Gasteiger partial charge in [-0.25, -0.2) is 4.39 Å². The first kappa shape index (κ1) is 18.6. The van der Waals surface area contributed by atoms with E-state index in [0.29, 0.717) is 16.8 Å². The Morgan fingerprint density at radius 1 is 1.07 bits per heavy atom. The minimum Gasteiger partial charge on any atom is -0.507 e. The molecule has 1 fully saturated rings. The maximum Gasteiger partial charge on any atom is 0.300 e. The molecule has 0 spiro atoms. The van der Waals surface area contributed by atoms with Gasteiger partial charge >= 0.3 is 0 Å². The summed E-state index contributed by atoms with van der Waals surface area (Å²) in [5.74, 6) is -2.32. The highest BCUT2D eigenvalue weighted by Gasteiger charge is 2.47. The first-order chi connectivity index (χ1) is 14.0.